The fraction of sp³-hybridized carbons (Fsp3) is 0.0714. The highest BCUT2D eigenvalue weighted by molar-refractivity contribution is 7.13. The van der Waals surface area contributed by atoms with Crippen molar-refractivity contribution in [2.75, 3.05) is 0 Å². The molecule has 0 N–H and O–H groups in total. The van der Waals surface area contributed by atoms with E-state index in [0.717, 1.165) is 16.3 Å². The molecule has 19 heavy (non-hydrogen) atoms. The van der Waals surface area contributed by atoms with Crippen LogP contribution in [-0.2, 0) is 6.54 Å². The first kappa shape index (κ1) is 12.4. The van der Waals surface area contributed by atoms with Gasteiger partial charge in [0.05, 0.1) is 16.4 Å². The number of hydrogen-bond acceptors (Lipinski definition) is 2. The van der Waals surface area contributed by atoms with Gasteiger partial charge in [-0.3, -0.25) is 0 Å². The van der Waals surface area contributed by atoms with Crippen molar-refractivity contribution in [2.45, 2.75) is 6.54 Å². The molecule has 0 aliphatic carbocycles. The van der Waals surface area contributed by atoms with E-state index in [9.17, 15) is 4.39 Å². The summed E-state index contributed by atoms with van der Waals surface area (Å²) < 4.78 is 15.4. The summed E-state index contributed by atoms with van der Waals surface area (Å²) in [4.78, 5) is 5.42. The van der Waals surface area contributed by atoms with Gasteiger partial charge < -0.3 is 4.57 Å². The van der Waals surface area contributed by atoms with Gasteiger partial charge in [-0.15, -0.1) is 11.3 Å². The number of thiophene rings is 1. The number of nitrogens with zero attached hydrogens (tertiary/aromatic N) is 2. The zero-order valence-electron chi connectivity index (χ0n) is 9.88. The van der Waals surface area contributed by atoms with Crippen LogP contribution in [0, 0.1) is 5.82 Å². The second-order valence-corrected chi connectivity index (χ2v) is 5.39. The largest absolute Gasteiger partial charge is 0.326 e. The Hall–Kier alpha value is -1.65. The van der Waals surface area contributed by atoms with Gasteiger partial charge in [0.15, 0.2) is 0 Å². The highest BCUT2D eigenvalue weighted by Crippen LogP contribution is 2.26. The summed E-state index contributed by atoms with van der Waals surface area (Å²) >= 11 is 7.60. The fourth-order valence-electron chi connectivity index (χ4n) is 1.92. The van der Waals surface area contributed by atoms with Crippen molar-refractivity contribution in [1.29, 1.82) is 0 Å². The molecule has 0 radical (unpaired) electrons. The van der Waals surface area contributed by atoms with Gasteiger partial charge in [-0.1, -0.05) is 29.8 Å². The first-order valence-electron chi connectivity index (χ1n) is 5.73. The predicted molar refractivity (Wildman–Crippen MR) is 76.1 cm³/mol. The van der Waals surface area contributed by atoms with E-state index < -0.39 is 5.82 Å². The number of halogens is 2. The number of imidazole rings is 1. The molecule has 2 aromatic heterocycles. The molecule has 0 aliphatic heterocycles. The lowest BCUT2D eigenvalue weighted by Gasteiger charge is -2.08. The summed E-state index contributed by atoms with van der Waals surface area (Å²) in [6, 6.07) is 8.84. The van der Waals surface area contributed by atoms with E-state index in [1.807, 2.05) is 34.3 Å². The number of benzene rings is 1. The Bertz CT molecular complexity index is 691. The Morgan fingerprint density at radius 1 is 1.26 bits per heavy atom. The first-order valence-corrected chi connectivity index (χ1v) is 6.99. The molecular weight excluding hydrogens is 283 g/mol. The Balaban J connectivity index is 1.97. The molecule has 0 saturated carbocycles. The van der Waals surface area contributed by atoms with Crippen LogP contribution in [0.2, 0.25) is 5.02 Å². The topological polar surface area (TPSA) is 17.8 Å². The molecule has 2 heterocycles. The Kier molecular flexibility index (Phi) is 3.36. The van der Waals surface area contributed by atoms with Crippen molar-refractivity contribution >= 4 is 22.9 Å². The van der Waals surface area contributed by atoms with Crippen LogP contribution in [0.25, 0.3) is 10.7 Å². The average molecular weight is 293 g/mol. The van der Waals surface area contributed by atoms with E-state index in [2.05, 4.69) is 4.98 Å². The van der Waals surface area contributed by atoms with Gasteiger partial charge in [-0.25, -0.2) is 9.37 Å². The third kappa shape index (κ3) is 2.41. The second-order valence-electron chi connectivity index (χ2n) is 4.07. The van der Waals surface area contributed by atoms with Gasteiger partial charge in [-0.05, 0) is 23.1 Å². The van der Waals surface area contributed by atoms with Crippen molar-refractivity contribution in [3.8, 4) is 10.7 Å². The number of hydrogen-bond donors (Lipinski definition) is 0. The van der Waals surface area contributed by atoms with E-state index in [1.54, 1.807) is 23.6 Å². The number of aromatic nitrogens is 2. The lowest BCUT2D eigenvalue weighted by atomic mass is 10.2. The van der Waals surface area contributed by atoms with E-state index in [-0.39, 0.29) is 5.02 Å². The van der Waals surface area contributed by atoms with Gasteiger partial charge in [0.1, 0.15) is 11.6 Å². The zero-order valence-corrected chi connectivity index (χ0v) is 11.5. The fourth-order valence-corrected chi connectivity index (χ4v) is 2.84. The predicted octanol–water partition coefficient (Wildman–Crippen LogP) is 4.45. The van der Waals surface area contributed by atoms with Crippen LogP contribution < -0.4 is 0 Å². The van der Waals surface area contributed by atoms with Gasteiger partial charge in [0.2, 0.25) is 0 Å². The Morgan fingerprint density at radius 2 is 2.16 bits per heavy atom. The molecule has 0 aliphatic rings. The third-order valence-electron chi connectivity index (χ3n) is 2.83. The molecule has 0 unspecified atom stereocenters. The summed E-state index contributed by atoms with van der Waals surface area (Å²) in [5.41, 5.74) is 0.748. The van der Waals surface area contributed by atoms with Crippen molar-refractivity contribution in [3.05, 3.63) is 64.5 Å². The monoisotopic (exact) mass is 292 g/mol. The maximum atomic E-state index is 13.4. The summed E-state index contributed by atoms with van der Waals surface area (Å²) in [6.45, 7) is 0.504. The van der Waals surface area contributed by atoms with Crippen LogP contribution in [-0.4, -0.2) is 9.55 Å². The third-order valence-corrected chi connectivity index (χ3v) is 4.12. The smallest absolute Gasteiger partial charge is 0.150 e. The molecule has 0 saturated heterocycles. The Morgan fingerprint density at radius 3 is 2.95 bits per heavy atom. The summed E-state index contributed by atoms with van der Waals surface area (Å²) in [7, 11) is 0. The summed E-state index contributed by atoms with van der Waals surface area (Å²) in [6.07, 6.45) is 3.61. The lowest BCUT2D eigenvalue weighted by Crippen LogP contribution is -2.01. The zero-order chi connectivity index (χ0) is 13.2. The SMILES string of the molecule is Fc1cccc(Cn2ccnc2-c2cccs2)c1Cl. The molecule has 0 bridgehead atoms. The molecule has 2 nitrogen and oxygen atoms in total. The summed E-state index contributed by atoms with van der Waals surface area (Å²) in [5.74, 6) is 0.479. The highest BCUT2D eigenvalue weighted by Gasteiger charge is 2.10. The van der Waals surface area contributed by atoms with Gasteiger partial charge >= 0.3 is 0 Å². The number of rotatable bonds is 3. The minimum Gasteiger partial charge on any atom is -0.326 e. The maximum Gasteiger partial charge on any atom is 0.150 e. The van der Waals surface area contributed by atoms with Crippen LogP contribution >= 0.6 is 22.9 Å². The van der Waals surface area contributed by atoms with Crippen molar-refractivity contribution in [2.24, 2.45) is 0 Å². The Labute approximate surface area is 119 Å². The van der Waals surface area contributed by atoms with Crippen LogP contribution in [0.15, 0.2) is 48.1 Å². The molecule has 0 amide bonds. The van der Waals surface area contributed by atoms with E-state index in [0.29, 0.717) is 6.54 Å². The highest BCUT2D eigenvalue weighted by atomic mass is 35.5. The van der Waals surface area contributed by atoms with Crippen molar-refractivity contribution in [3.63, 3.8) is 0 Å². The molecule has 1 aromatic carbocycles. The average Bonchev–Trinajstić information content (AvgIpc) is 3.05. The molecule has 5 heteroatoms. The quantitative estimate of drug-likeness (QED) is 0.697. The molecule has 3 aromatic rings. The minimum absolute atomic E-state index is 0.174. The lowest BCUT2D eigenvalue weighted by molar-refractivity contribution is 0.624. The van der Waals surface area contributed by atoms with Crippen LogP contribution in [0.3, 0.4) is 0 Å². The normalized spacial score (nSPS) is 10.8. The first-order chi connectivity index (χ1) is 9.25. The minimum atomic E-state index is -0.392. The van der Waals surface area contributed by atoms with Gasteiger partial charge in [0, 0.05) is 12.4 Å². The van der Waals surface area contributed by atoms with Gasteiger partial charge in [0.25, 0.3) is 0 Å². The van der Waals surface area contributed by atoms with E-state index >= 15 is 0 Å². The molecular formula is C14H10ClFN2S. The second kappa shape index (κ2) is 5.15. The molecule has 0 atom stereocenters. The molecule has 3 rings (SSSR count). The van der Waals surface area contributed by atoms with Crippen LogP contribution in [0.1, 0.15) is 5.56 Å². The van der Waals surface area contributed by atoms with Crippen LogP contribution in [0.4, 0.5) is 4.39 Å². The summed E-state index contributed by atoms with van der Waals surface area (Å²) in [5, 5.41) is 2.18. The molecule has 96 valence electrons. The van der Waals surface area contributed by atoms with E-state index in [1.165, 1.54) is 6.07 Å². The molecule has 0 fully saturated rings. The van der Waals surface area contributed by atoms with Crippen LogP contribution in [0.5, 0.6) is 0 Å². The maximum absolute atomic E-state index is 13.4. The standard InChI is InChI=1S/C14H10ClFN2S/c15-13-10(3-1-4-11(13)16)9-18-7-6-17-14(18)12-5-2-8-19-12/h1-8H,9H2. The van der Waals surface area contributed by atoms with Crippen molar-refractivity contribution < 1.29 is 4.39 Å². The molecule has 0 spiro atoms. The van der Waals surface area contributed by atoms with E-state index in [4.69, 9.17) is 11.6 Å². The van der Waals surface area contributed by atoms with Crippen molar-refractivity contribution in [1.82, 2.24) is 9.55 Å². The van der Waals surface area contributed by atoms with Gasteiger partial charge in [-0.2, -0.15) is 0 Å².